The molecule has 108 valence electrons. The number of benzene rings is 1. The summed E-state index contributed by atoms with van der Waals surface area (Å²) in [5.74, 6) is 0. The Morgan fingerprint density at radius 2 is 1.95 bits per heavy atom. The van der Waals surface area contributed by atoms with Crippen LogP contribution in [0.15, 0.2) is 23.1 Å². The van der Waals surface area contributed by atoms with Crippen molar-refractivity contribution in [3.63, 3.8) is 0 Å². The SMILES string of the molecule is Nc1ccc(S(=O)(=O)NCCCC(F)(F)F)cc1Cl. The maximum Gasteiger partial charge on any atom is 0.389 e. The number of rotatable bonds is 5. The van der Waals surface area contributed by atoms with Gasteiger partial charge in [0.05, 0.1) is 15.6 Å². The maximum absolute atomic E-state index is 11.9. The summed E-state index contributed by atoms with van der Waals surface area (Å²) < 4.78 is 61.2. The van der Waals surface area contributed by atoms with E-state index in [-0.39, 0.29) is 28.6 Å². The van der Waals surface area contributed by atoms with E-state index in [2.05, 4.69) is 4.72 Å². The normalized spacial score (nSPS) is 12.6. The standard InChI is InChI=1S/C10H12ClF3N2O2S/c11-8-6-7(2-3-9(8)15)19(17,18)16-5-1-4-10(12,13)14/h2-3,6,16H,1,4-5,15H2. The van der Waals surface area contributed by atoms with Gasteiger partial charge in [-0.2, -0.15) is 13.2 Å². The molecular formula is C10H12ClF3N2O2S. The fourth-order valence-electron chi connectivity index (χ4n) is 1.25. The number of halogens is 4. The maximum atomic E-state index is 11.9. The number of nitrogens with one attached hydrogen (secondary N) is 1. The summed E-state index contributed by atoms with van der Waals surface area (Å²) in [5.41, 5.74) is 5.65. The van der Waals surface area contributed by atoms with Crippen LogP contribution in [0.1, 0.15) is 12.8 Å². The van der Waals surface area contributed by atoms with Crippen molar-refractivity contribution in [1.82, 2.24) is 4.72 Å². The van der Waals surface area contributed by atoms with Crippen LogP contribution in [0.2, 0.25) is 5.02 Å². The molecule has 4 nitrogen and oxygen atoms in total. The third-order valence-electron chi connectivity index (χ3n) is 2.21. The van der Waals surface area contributed by atoms with Crippen LogP contribution in [0.25, 0.3) is 0 Å². The Labute approximate surface area is 113 Å². The first kappa shape index (κ1) is 16.1. The number of nitrogen functional groups attached to an aromatic ring is 1. The van der Waals surface area contributed by atoms with Gasteiger partial charge in [-0.05, 0) is 24.6 Å². The molecule has 0 aliphatic heterocycles. The topological polar surface area (TPSA) is 72.2 Å². The number of anilines is 1. The lowest BCUT2D eigenvalue weighted by Gasteiger charge is -2.09. The molecular weight excluding hydrogens is 305 g/mol. The Morgan fingerprint density at radius 3 is 2.47 bits per heavy atom. The van der Waals surface area contributed by atoms with Crippen molar-refractivity contribution in [3.8, 4) is 0 Å². The van der Waals surface area contributed by atoms with E-state index in [1.54, 1.807) is 0 Å². The molecule has 0 heterocycles. The minimum absolute atomic E-state index is 0.0677. The fourth-order valence-corrected chi connectivity index (χ4v) is 2.60. The monoisotopic (exact) mass is 316 g/mol. The van der Waals surface area contributed by atoms with E-state index in [4.69, 9.17) is 17.3 Å². The van der Waals surface area contributed by atoms with Gasteiger partial charge >= 0.3 is 6.18 Å². The molecule has 0 fully saturated rings. The van der Waals surface area contributed by atoms with Gasteiger partial charge in [0.25, 0.3) is 0 Å². The zero-order valence-electron chi connectivity index (χ0n) is 9.67. The summed E-state index contributed by atoms with van der Waals surface area (Å²) in [4.78, 5) is -0.140. The van der Waals surface area contributed by atoms with Gasteiger partial charge in [0.15, 0.2) is 0 Å². The summed E-state index contributed by atoms with van der Waals surface area (Å²) in [6, 6.07) is 3.68. The van der Waals surface area contributed by atoms with E-state index >= 15 is 0 Å². The average molecular weight is 317 g/mol. The van der Waals surface area contributed by atoms with Gasteiger partial charge < -0.3 is 5.73 Å². The third-order valence-corrected chi connectivity index (χ3v) is 4.00. The molecule has 0 aliphatic rings. The van der Waals surface area contributed by atoms with Crippen LogP contribution in [-0.2, 0) is 10.0 Å². The van der Waals surface area contributed by atoms with Gasteiger partial charge in [0.1, 0.15) is 0 Å². The van der Waals surface area contributed by atoms with E-state index < -0.39 is 22.6 Å². The number of hydrogen-bond acceptors (Lipinski definition) is 3. The average Bonchev–Trinajstić information content (AvgIpc) is 2.27. The van der Waals surface area contributed by atoms with Gasteiger partial charge in [-0.25, -0.2) is 13.1 Å². The molecule has 0 aromatic heterocycles. The van der Waals surface area contributed by atoms with E-state index in [1.165, 1.54) is 12.1 Å². The quantitative estimate of drug-likeness (QED) is 0.647. The highest BCUT2D eigenvalue weighted by Crippen LogP contribution is 2.23. The van der Waals surface area contributed by atoms with Crippen molar-refractivity contribution >= 4 is 27.3 Å². The minimum atomic E-state index is -4.30. The molecule has 19 heavy (non-hydrogen) atoms. The number of hydrogen-bond donors (Lipinski definition) is 2. The lowest BCUT2D eigenvalue weighted by atomic mass is 10.3. The van der Waals surface area contributed by atoms with E-state index in [9.17, 15) is 21.6 Å². The zero-order valence-corrected chi connectivity index (χ0v) is 11.2. The van der Waals surface area contributed by atoms with Gasteiger partial charge in [0.2, 0.25) is 10.0 Å². The van der Waals surface area contributed by atoms with Crippen LogP contribution in [0.5, 0.6) is 0 Å². The number of nitrogens with two attached hydrogens (primary N) is 1. The van der Waals surface area contributed by atoms with Crippen LogP contribution in [0, 0.1) is 0 Å². The molecule has 0 unspecified atom stereocenters. The largest absolute Gasteiger partial charge is 0.398 e. The highest BCUT2D eigenvalue weighted by molar-refractivity contribution is 7.89. The predicted octanol–water partition coefficient (Wildman–Crippen LogP) is 2.54. The Hall–Kier alpha value is -0.990. The molecule has 1 aromatic rings. The van der Waals surface area contributed by atoms with E-state index in [0.29, 0.717) is 0 Å². The molecule has 9 heteroatoms. The first-order chi connectivity index (χ1) is 8.62. The van der Waals surface area contributed by atoms with Crippen LogP contribution >= 0.6 is 11.6 Å². The summed E-state index contributed by atoms with van der Waals surface area (Å²) in [6.07, 6.45) is -5.67. The Bertz CT molecular complexity index is 546. The molecule has 0 saturated heterocycles. The van der Waals surface area contributed by atoms with Gasteiger partial charge in [-0.1, -0.05) is 11.6 Å². The summed E-state index contributed by atoms with van der Waals surface area (Å²) in [5, 5.41) is 0.0677. The molecule has 0 aliphatic carbocycles. The molecule has 0 bridgehead atoms. The van der Waals surface area contributed by atoms with Crippen molar-refractivity contribution in [1.29, 1.82) is 0 Å². The molecule has 0 spiro atoms. The third kappa shape index (κ3) is 5.25. The number of sulfonamides is 1. The lowest BCUT2D eigenvalue weighted by Crippen LogP contribution is -2.25. The van der Waals surface area contributed by atoms with Crippen molar-refractivity contribution in [2.24, 2.45) is 0 Å². The molecule has 0 atom stereocenters. The second-order valence-electron chi connectivity index (χ2n) is 3.80. The lowest BCUT2D eigenvalue weighted by molar-refractivity contribution is -0.135. The second kappa shape index (κ2) is 5.98. The fraction of sp³-hybridized carbons (Fsp3) is 0.400. The summed E-state index contributed by atoms with van der Waals surface area (Å²) in [7, 11) is -3.87. The Kier molecular flexibility index (Phi) is 5.05. The van der Waals surface area contributed by atoms with Crippen molar-refractivity contribution in [2.75, 3.05) is 12.3 Å². The van der Waals surface area contributed by atoms with Crippen LogP contribution < -0.4 is 10.5 Å². The van der Waals surface area contributed by atoms with Crippen molar-refractivity contribution < 1.29 is 21.6 Å². The van der Waals surface area contributed by atoms with Crippen molar-refractivity contribution in [3.05, 3.63) is 23.2 Å². The van der Waals surface area contributed by atoms with Crippen LogP contribution in [0.4, 0.5) is 18.9 Å². The van der Waals surface area contributed by atoms with Crippen LogP contribution in [-0.4, -0.2) is 21.1 Å². The highest BCUT2D eigenvalue weighted by atomic mass is 35.5. The van der Waals surface area contributed by atoms with Crippen molar-refractivity contribution in [2.45, 2.75) is 23.9 Å². The first-order valence-corrected chi connectivity index (χ1v) is 7.09. The van der Waals surface area contributed by atoms with Crippen LogP contribution in [0.3, 0.4) is 0 Å². The molecule has 1 rings (SSSR count). The first-order valence-electron chi connectivity index (χ1n) is 5.23. The molecule has 3 N–H and O–H groups in total. The highest BCUT2D eigenvalue weighted by Gasteiger charge is 2.26. The van der Waals surface area contributed by atoms with Gasteiger partial charge in [-0.3, -0.25) is 0 Å². The van der Waals surface area contributed by atoms with E-state index in [1.807, 2.05) is 0 Å². The molecule has 0 amide bonds. The van der Waals surface area contributed by atoms with Gasteiger partial charge in [-0.15, -0.1) is 0 Å². The predicted molar refractivity (Wildman–Crippen MR) is 66.3 cm³/mol. The molecule has 0 radical (unpaired) electrons. The Morgan fingerprint density at radius 1 is 1.32 bits per heavy atom. The smallest absolute Gasteiger partial charge is 0.389 e. The molecule has 1 aromatic carbocycles. The minimum Gasteiger partial charge on any atom is -0.398 e. The number of alkyl halides is 3. The Balaban J connectivity index is 2.63. The zero-order chi connectivity index (χ0) is 14.7. The second-order valence-corrected chi connectivity index (χ2v) is 5.97. The molecule has 0 saturated carbocycles. The summed E-state index contributed by atoms with van der Waals surface area (Å²) >= 11 is 5.68. The summed E-state index contributed by atoms with van der Waals surface area (Å²) in [6.45, 7) is -0.302. The van der Waals surface area contributed by atoms with Gasteiger partial charge in [0, 0.05) is 13.0 Å². The van der Waals surface area contributed by atoms with E-state index in [0.717, 1.165) is 6.07 Å².